The minimum atomic E-state index is -2.13. The summed E-state index contributed by atoms with van der Waals surface area (Å²) in [6.07, 6.45) is -23.9. The summed E-state index contributed by atoms with van der Waals surface area (Å²) >= 11 is 0. The Morgan fingerprint density at radius 2 is 1.12 bits per heavy atom. The van der Waals surface area contributed by atoms with Crippen molar-refractivity contribution >= 4 is 30.2 Å². The molecule has 0 radical (unpaired) electrons. The maximum absolute atomic E-state index is 13.0. The van der Waals surface area contributed by atoms with E-state index in [1.54, 1.807) is 0 Å². The van der Waals surface area contributed by atoms with E-state index in [-0.39, 0.29) is 51.2 Å². The SMILES string of the molecule is COc1cc(/C=C/C(=O)OC[C@H]2O[C@@H](O[C@H]3[C@H](OC4=Cc5c(cc(O)cc5O[C@@H]5O[C@H](CO)[C@@H](O)[C@H](O)[C@H]5O)OC4c4ccc(O)cc4)O[C@H](COC(=O)/C=C/c4ccc(O)c(O)c4)[C@@H](O)[C@@H]3O)[C@H](O)[C@@H](O)[C@@H]2O)ccc1O. The molecular weight excluding hydrogens is 1040 g/mol. The van der Waals surface area contributed by atoms with Crippen LogP contribution in [0.5, 0.6) is 46.0 Å². The Morgan fingerprint density at radius 1 is 0.551 bits per heavy atom. The molecule has 4 aromatic carbocycles. The highest BCUT2D eigenvalue weighted by molar-refractivity contribution is 5.87. The van der Waals surface area contributed by atoms with Gasteiger partial charge in [0.1, 0.15) is 109 Å². The Labute approximate surface area is 441 Å². The molecule has 16 atom stereocenters. The monoisotopic (exact) mass is 1100 g/mol. The van der Waals surface area contributed by atoms with Crippen molar-refractivity contribution in [3.05, 3.63) is 113 Å². The lowest BCUT2D eigenvalue weighted by molar-refractivity contribution is -0.364. The van der Waals surface area contributed by atoms with E-state index in [2.05, 4.69) is 0 Å². The normalized spacial score (nSPS) is 30.9. The van der Waals surface area contributed by atoms with Gasteiger partial charge in [-0.05, 0) is 65.8 Å². The first-order chi connectivity index (χ1) is 37.2. The number of ether oxygens (including phenoxy) is 10. The van der Waals surface area contributed by atoms with Gasteiger partial charge in [-0.25, -0.2) is 9.59 Å². The van der Waals surface area contributed by atoms with Crippen LogP contribution in [0.4, 0.5) is 0 Å². The van der Waals surface area contributed by atoms with Gasteiger partial charge in [0.25, 0.3) is 0 Å². The fourth-order valence-electron chi connectivity index (χ4n) is 8.53. The Balaban J connectivity index is 1.10. The van der Waals surface area contributed by atoms with Crippen molar-refractivity contribution in [2.45, 2.75) is 98.2 Å². The highest BCUT2D eigenvalue weighted by Crippen LogP contribution is 2.46. The van der Waals surface area contributed by atoms with Crippen LogP contribution in [0.25, 0.3) is 18.2 Å². The number of hydrogen-bond donors (Lipinski definition) is 14. The number of aliphatic hydroxyl groups is 9. The molecule has 0 bridgehead atoms. The van der Waals surface area contributed by atoms with Crippen LogP contribution in [0.2, 0.25) is 0 Å². The van der Waals surface area contributed by atoms with Gasteiger partial charge in [-0.3, -0.25) is 0 Å². The van der Waals surface area contributed by atoms with Crippen molar-refractivity contribution in [3.63, 3.8) is 0 Å². The summed E-state index contributed by atoms with van der Waals surface area (Å²) in [5.74, 6) is -4.19. The van der Waals surface area contributed by atoms with E-state index >= 15 is 0 Å². The zero-order valence-corrected chi connectivity index (χ0v) is 40.8. The van der Waals surface area contributed by atoms with Gasteiger partial charge >= 0.3 is 11.9 Å². The second-order valence-corrected chi connectivity index (χ2v) is 18.2. The Hall–Kier alpha value is -7.28. The number of hydrogen-bond acceptors (Lipinski definition) is 26. The molecule has 0 spiro atoms. The molecule has 3 fully saturated rings. The fraction of sp³-hybridized carbons (Fsp3) is 0.385. The molecular formula is C52H56O26. The average molecular weight is 1100 g/mol. The number of methoxy groups -OCH3 is 1. The average Bonchev–Trinajstić information content (AvgIpc) is 3.52. The molecule has 8 rings (SSSR count). The summed E-state index contributed by atoms with van der Waals surface area (Å²) in [5.41, 5.74) is 0.908. The van der Waals surface area contributed by atoms with E-state index < -0.39 is 147 Å². The lowest BCUT2D eigenvalue weighted by Crippen LogP contribution is -2.64. The maximum Gasteiger partial charge on any atom is 0.330 e. The number of benzene rings is 4. The molecule has 4 aromatic rings. The maximum atomic E-state index is 13.0. The summed E-state index contributed by atoms with van der Waals surface area (Å²) in [6, 6.07) is 15.6. The molecule has 0 amide bonds. The number of phenols is 5. The summed E-state index contributed by atoms with van der Waals surface area (Å²) in [6.45, 7) is -2.35. The molecule has 4 aliphatic heterocycles. The number of fused-ring (bicyclic) bond motifs is 1. The van der Waals surface area contributed by atoms with Crippen molar-refractivity contribution in [3.8, 4) is 46.0 Å². The first kappa shape index (κ1) is 56.9. The van der Waals surface area contributed by atoms with Gasteiger partial charge in [0.05, 0.1) is 19.3 Å². The first-order valence-corrected chi connectivity index (χ1v) is 23.9. The topological polar surface area (TPSA) is 410 Å². The van der Waals surface area contributed by atoms with Gasteiger partial charge in [0.2, 0.25) is 12.6 Å². The third kappa shape index (κ3) is 12.8. The van der Waals surface area contributed by atoms with Crippen LogP contribution >= 0.6 is 0 Å². The highest BCUT2D eigenvalue weighted by Gasteiger charge is 2.53. The molecule has 14 N–H and O–H groups in total. The van der Waals surface area contributed by atoms with Crippen LogP contribution in [-0.2, 0) is 42.7 Å². The number of aliphatic hydroxyl groups excluding tert-OH is 9. The van der Waals surface area contributed by atoms with Crippen LogP contribution < -0.4 is 14.2 Å². The Kier molecular flexibility index (Phi) is 17.9. The van der Waals surface area contributed by atoms with E-state index in [4.69, 9.17) is 47.4 Å². The number of carbonyl (C=O) groups excluding carboxylic acids is 2. The smallest absolute Gasteiger partial charge is 0.330 e. The standard InChI is InChI=1S/C52H56O26/c1-69-33-15-23(3-11-29(33)57)5-13-39(60)70-20-36-41(62)44(65)47(68)51(76-36)78-49-45(66)42(63)37(21-71-38(59)12-4-22-2-10-28(56)30(58)14-22)77-52(49)74-34-18-27-31(72-48(34)24-6-8-25(54)9-7-24)16-26(55)17-32(27)73-50-46(67)43(64)40(61)35(19-53)75-50/h2-18,35-37,40-58,61-68H,19-21H2,1H3/b12-4+,13-5+/t35-,36-,37-,40-,41-,42-,43+,44+,45+,46-,47-,48?,49-,50-,51+,52-/m1/s1. The number of carbonyl (C=O) groups is 2. The highest BCUT2D eigenvalue weighted by atomic mass is 16.8. The Bertz CT molecular complexity index is 2840. The third-order valence-electron chi connectivity index (χ3n) is 12.8. The van der Waals surface area contributed by atoms with Gasteiger partial charge in [-0.1, -0.05) is 24.3 Å². The van der Waals surface area contributed by atoms with Gasteiger partial charge in [-0.2, -0.15) is 0 Å². The third-order valence-corrected chi connectivity index (χ3v) is 12.8. The summed E-state index contributed by atoms with van der Waals surface area (Å²) in [5, 5.41) is 149. The molecule has 0 aromatic heterocycles. The van der Waals surface area contributed by atoms with Crippen molar-refractivity contribution in [2.75, 3.05) is 26.9 Å². The number of phenolic OH excluding ortho intramolecular Hbond substituents is 5. The minimum absolute atomic E-state index is 0.0546. The van der Waals surface area contributed by atoms with Gasteiger partial charge in [-0.15, -0.1) is 0 Å². The molecule has 26 nitrogen and oxygen atoms in total. The van der Waals surface area contributed by atoms with E-state index in [9.17, 15) is 81.1 Å². The summed E-state index contributed by atoms with van der Waals surface area (Å²) < 4.78 is 58.0. The molecule has 4 heterocycles. The van der Waals surface area contributed by atoms with Gasteiger partial charge in [0, 0.05) is 29.8 Å². The lowest BCUT2D eigenvalue weighted by Gasteiger charge is -2.46. The van der Waals surface area contributed by atoms with Crippen molar-refractivity contribution < 1.29 is 128 Å². The quantitative estimate of drug-likeness (QED) is 0.0344. The Morgan fingerprint density at radius 3 is 1.73 bits per heavy atom. The molecule has 26 heteroatoms. The van der Waals surface area contributed by atoms with Crippen molar-refractivity contribution in [2.24, 2.45) is 0 Å². The molecule has 0 aliphatic carbocycles. The van der Waals surface area contributed by atoms with E-state index in [1.807, 2.05) is 0 Å². The second-order valence-electron chi connectivity index (χ2n) is 18.2. The number of aromatic hydroxyl groups is 5. The predicted molar refractivity (Wildman–Crippen MR) is 260 cm³/mol. The summed E-state index contributed by atoms with van der Waals surface area (Å²) in [4.78, 5) is 25.8. The van der Waals surface area contributed by atoms with E-state index in [0.717, 1.165) is 24.3 Å². The molecule has 4 aliphatic rings. The lowest BCUT2D eigenvalue weighted by atomic mass is 9.97. The fourth-order valence-corrected chi connectivity index (χ4v) is 8.53. The molecule has 1 unspecified atom stereocenters. The molecule has 78 heavy (non-hydrogen) atoms. The predicted octanol–water partition coefficient (Wildman–Crippen LogP) is -0.954. The molecule has 3 saturated heterocycles. The minimum Gasteiger partial charge on any atom is -0.508 e. The second kappa shape index (κ2) is 24.6. The van der Waals surface area contributed by atoms with Crippen LogP contribution in [0.3, 0.4) is 0 Å². The van der Waals surface area contributed by atoms with Gasteiger partial charge < -0.3 is 119 Å². The zero-order valence-electron chi connectivity index (χ0n) is 40.8. The van der Waals surface area contributed by atoms with Crippen LogP contribution in [0.15, 0.2) is 90.7 Å². The van der Waals surface area contributed by atoms with Crippen molar-refractivity contribution in [1.29, 1.82) is 0 Å². The van der Waals surface area contributed by atoms with E-state index in [1.165, 1.54) is 86.0 Å². The van der Waals surface area contributed by atoms with Crippen LogP contribution in [0.1, 0.15) is 28.4 Å². The van der Waals surface area contributed by atoms with Crippen molar-refractivity contribution in [1.82, 2.24) is 0 Å². The zero-order chi connectivity index (χ0) is 56.1. The first-order valence-electron chi connectivity index (χ1n) is 23.9. The number of rotatable bonds is 17. The molecule has 0 saturated carbocycles. The van der Waals surface area contributed by atoms with Crippen LogP contribution in [-0.4, -0.2) is 202 Å². The van der Waals surface area contributed by atoms with Crippen LogP contribution in [0, 0.1) is 0 Å². The largest absolute Gasteiger partial charge is 0.508 e. The number of esters is 2. The van der Waals surface area contributed by atoms with E-state index in [0.29, 0.717) is 5.56 Å². The molecule has 420 valence electrons. The summed E-state index contributed by atoms with van der Waals surface area (Å²) in [7, 11) is 1.33. The van der Waals surface area contributed by atoms with Gasteiger partial charge in [0.15, 0.2) is 41.5 Å².